The first-order valence-electron chi connectivity index (χ1n) is 12.7. The maximum Gasteiger partial charge on any atom is 0.261 e. The van der Waals surface area contributed by atoms with Gasteiger partial charge in [0, 0.05) is 37.5 Å². The maximum absolute atomic E-state index is 13.7. The van der Waals surface area contributed by atoms with Crippen LogP contribution in [-0.4, -0.2) is 52.6 Å². The van der Waals surface area contributed by atoms with Crippen molar-refractivity contribution in [2.75, 3.05) is 13.1 Å². The van der Waals surface area contributed by atoms with E-state index in [1.807, 2.05) is 43.3 Å². The Kier molecular flexibility index (Phi) is 8.92. The Morgan fingerprint density at radius 3 is 2.16 bits per heavy atom. The van der Waals surface area contributed by atoms with E-state index in [-0.39, 0.29) is 49.6 Å². The van der Waals surface area contributed by atoms with E-state index in [0.29, 0.717) is 29.1 Å². The number of carbonyl (C=O) groups is 4. The van der Waals surface area contributed by atoms with Crippen LogP contribution in [0.5, 0.6) is 0 Å². The molecule has 38 heavy (non-hydrogen) atoms. The van der Waals surface area contributed by atoms with E-state index in [1.165, 1.54) is 4.90 Å². The van der Waals surface area contributed by atoms with Crippen LogP contribution in [0.25, 0.3) is 0 Å². The summed E-state index contributed by atoms with van der Waals surface area (Å²) in [6.07, 6.45) is 0.694. The van der Waals surface area contributed by atoms with Crippen molar-refractivity contribution in [3.8, 4) is 0 Å². The largest absolute Gasteiger partial charge is 0.355 e. The molecule has 196 valence electrons. The first kappa shape index (κ1) is 27.1. The highest BCUT2D eigenvalue weighted by molar-refractivity contribution is 6.30. The molecule has 7 nitrogen and oxygen atoms in total. The lowest BCUT2D eigenvalue weighted by molar-refractivity contribution is -0.141. The molecule has 3 aromatic rings. The molecule has 4 rings (SSSR count). The molecule has 0 radical (unpaired) electrons. The molecule has 1 aliphatic rings. The van der Waals surface area contributed by atoms with Gasteiger partial charge in [-0.3, -0.25) is 24.1 Å². The molecule has 0 aromatic heterocycles. The zero-order chi connectivity index (χ0) is 27.1. The van der Waals surface area contributed by atoms with Crippen molar-refractivity contribution in [2.24, 2.45) is 0 Å². The number of carbonyl (C=O) groups excluding carboxylic acids is 4. The van der Waals surface area contributed by atoms with Gasteiger partial charge in [-0.15, -0.1) is 0 Å². The number of nitrogens with one attached hydrogen (secondary N) is 1. The molecule has 1 atom stereocenters. The van der Waals surface area contributed by atoms with Crippen LogP contribution < -0.4 is 5.32 Å². The average Bonchev–Trinajstić information content (AvgIpc) is 3.16. The second kappa shape index (κ2) is 12.5. The fraction of sp³-hybridized carbons (Fsp3) is 0.267. The van der Waals surface area contributed by atoms with Crippen LogP contribution in [0.4, 0.5) is 0 Å². The molecular weight excluding hydrogens is 502 g/mol. The molecule has 4 amide bonds. The molecule has 1 aliphatic heterocycles. The SMILES string of the molecule is CCNC(=O)[C@@H](Cc1ccccc1)N(Cc1cccc(Cl)c1)C(=O)CCCN1C(=O)c2ccccc2C1=O. The number of rotatable bonds is 11. The van der Waals surface area contributed by atoms with Crippen LogP contribution in [0.1, 0.15) is 51.6 Å². The number of likely N-dealkylation sites (N-methyl/N-ethyl adjacent to an activating group) is 1. The van der Waals surface area contributed by atoms with E-state index in [4.69, 9.17) is 11.6 Å². The molecule has 0 aliphatic carbocycles. The number of hydrogen-bond acceptors (Lipinski definition) is 4. The van der Waals surface area contributed by atoms with Crippen molar-refractivity contribution < 1.29 is 19.2 Å². The first-order valence-corrected chi connectivity index (χ1v) is 13.1. The van der Waals surface area contributed by atoms with Crippen LogP contribution in [0, 0.1) is 0 Å². The maximum atomic E-state index is 13.7. The fourth-order valence-electron chi connectivity index (χ4n) is 4.65. The highest BCUT2D eigenvalue weighted by atomic mass is 35.5. The van der Waals surface area contributed by atoms with Gasteiger partial charge in [-0.25, -0.2) is 0 Å². The quantitative estimate of drug-likeness (QED) is 0.369. The van der Waals surface area contributed by atoms with Crippen LogP contribution in [-0.2, 0) is 22.6 Å². The minimum Gasteiger partial charge on any atom is -0.355 e. The predicted octanol–water partition coefficient (Wildman–Crippen LogP) is 4.49. The zero-order valence-electron chi connectivity index (χ0n) is 21.2. The van der Waals surface area contributed by atoms with Crippen molar-refractivity contribution in [2.45, 2.75) is 38.8 Å². The van der Waals surface area contributed by atoms with Gasteiger partial charge in [0.1, 0.15) is 6.04 Å². The number of nitrogens with zero attached hydrogens (tertiary/aromatic N) is 2. The normalized spacial score (nSPS) is 13.3. The molecule has 0 spiro atoms. The van der Waals surface area contributed by atoms with Gasteiger partial charge in [-0.1, -0.05) is 66.2 Å². The van der Waals surface area contributed by atoms with Crippen molar-refractivity contribution >= 4 is 35.2 Å². The van der Waals surface area contributed by atoms with E-state index in [0.717, 1.165) is 11.1 Å². The topological polar surface area (TPSA) is 86.8 Å². The molecule has 0 saturated heterocycles. The molecule has 1 N–H and O–H groups in total. The molecule has 0 unspecified atom stereocenters. The summed E-state index contributed by atoms with van der Waals surface area (Å²) < 4.78 is 0. The van der Waals surface area contributed by atoms with E-state index >= 15 is 0 Å². The van der Waals surface area contributed by atoms with Crippen LogP contribution >= 0.6 is 11.6 Å². The summed E-state index contributed by atoms with van der Waals surface area (Å²) in [6, 6.07) is 22.7. The molecule has 8 heteroatoms. The highest BCUT2D eigenvalue weighted by Gasteiger charge is 2.35. The Hall–Kier alpha value is -3.97. The van der Waals surface area contributed by atoms with Crippen molar-refractivity contribution in [3.05, 3.63) is 106 Å². The molecule has 0 bridgehead atoms. The third-order valence-electron chi connectivity index (χ3n) is 6.51. The third-order valence-corrected chi connectivity index (χ3v) is 6.75. The Labute approximate surface area is 227 Å². The Bertz CT molecular complexity index is 1290. The zero-order valence-corrected chi connectivity index (χ0v) is 22.0. The molecule has 3 aromatic carbocycles. The van der Waals surface area contributed by atoms with E-state index in [9.17, 15) is 19.2 Å². The average molecular weight is 532 g/mol. The van der Waals surface area contributed by atoms with Gasteiger partial charge in [0.25, 0.3) is 11.8 Å². The number of fused-ring (bicyclic) bond motifs is 1. The van der Waals surface area contributed by atoms with Gasteiger partial charge in [-0.05, 0) is 48.7 Å². The van der Waals surface area contributed by atoms with Gasteiger partial charge in [0.15, 0.2) is 0 Å². The van der Waals surface area contributed by atoms with E-state index in [1.54, 1.807) is 47.4 Å². The minimum atomic E-state index is -0.747. The van der Waals surface area contributed by atoms with Gasteiger partial charge in [0.05, 0.1) is 11.1 Å². The first-order chi connectivity index (χ1) is 18.4. The summed E-state index contributed by atoms with van der Waals surface area (Å²) >= 11 is 6.20. The lowest BCUT2D eigenvalue weighted by Gasteiger charge is -2.31. The monoisotopic (exact) mass is 531 g/mol. The van der Waals surface area contributed by atoms with E-state index in [2.05, 4.69) is 5.32 Å². The van der Waals surface area contributed by atoms with Crippen LogP contribution in [0.2, 0.25) is 5.02 Å². The number of imide groups is 1. The van der Waals surface area contributed by atoms with Crippen LogP contribution in [0.15, 0.2) is 78.9 Å². The number of halogens is 1. The Balaban J connectivity index is 1.53. The van der Waals surface area contributed by atoms with Gasteiger partial charge >= 0.3 is 0 Å². The summed E-state index contributed by atoms with van der Waals surface area (Å²) in [5.41, 5.74) is 2.49. The van der Waals surface area contributed by atoms with Crippen molar-refractivity contribution in [1.29, 1.82) is 0 Å². The summed E-state index contributed by atoms with van der Waals surface area (Å²) in [7, 11) is 0. The lowest BCUT2D eigenvalue weighted by atomic mass is 10.0. The van der Waals surface area contributed by atoms with Gasteiger partial charge in [-0.2, -0.15) is 0 Å². The summed E-state index contributed by atoms with van der Waals surface area (Å²) in [5, 5.41) is 3.40. The Morgan fingerprint density at radius 1 is 0.895 bits per heavy atom. The van der Waals surface area contributed by atoms with Crippen molar-refractivity contribution in [3.63, 3.8) is 0 Å². The molecule has 0 fully saturated rings. The van der Waals surface area contributed by atoms with Gasteiger partial charge in [0.2, 0.25) is 11.8 Å². The molecular formula is C30H30ClN3O4. The number of amides is 4. The fourth-order valence-corrected chi connectivity index (χ4v) is 4.87. The third kappa shape index (κ3) is 6.29. The lowest BCUT2D eigenvalue weighted by Crippen LogP contribution is -2.50. The number of hydrogen-bond donors (Lipinski definition) is 1. The van der Waals surface area contributed by atoms with Gasteiger partial charge < -0.3 is 10.2 Å². The van der Waals surface area contributed by atoms with Crippen molar-refractivity contribution in [1.82, 2.24) is 15.1 Å². The second-order valence-electron chi connectivity index (χ2n) is 9.16. The summed E-state index contributed by atoms with van der Waals surface area (Å²) in [6.45, 7) is 2.58. The smallest absolute Gasteiger partial charge is 0.261 e. The summed E-state index contributed by atoms with van der Waals surface area (Å²) in [4.78, 5) is 55.0. The summed E-state index contributed by atoms with van der Waals surface area (Å²) in [5.74, 6) is -1.18. The van der Waals surface area contributed by atoms with E-state index < -0.39 is 6.04 Å². The van der Waals surface area contributed by atoms with Crippen LogP contribution in [0.3, 0.4) is 0 Å². The minimum absolute atomic E-state index is 0.0681. The Morgan fingerprint density at radius 2 is 1.53 bits per heavy atom. The molecule has 1 heterocycles. The number of benzene rings is 3. The second-order valence-corrected chi connectivity index (χ2v) is 9.60. The predicted molar refractivity (Wildman–Crippen MR) is 146 cm³/mol. The standard InChI is InChI=1S/C30H30ClN3O4/c1-2-32-28(36)26(19-21-10-4-3-5-11-21)34(20-22-12-8-13-23(31)18-22)27(35)16-9-17-33-29(37)24-14-6-7-15-25(24)30(33)38/h3-8,10-15,18,26H,2,9,16-17,19-20H2,1H3,(H,32,36)/t26-/m1/s1. The molecule has 0 saturated carbocycles. The highest BCUT2D eigenvalue weighted by Crippen LogP contribution is 2.23.